The number of rotatable bonds is 2. The van der Waals surface area contributed by atoms with E-state index in [0.29, 0.717) is 6.04 Å². The molecule has 0 bridgehead atoms. The molecule has 2 rings (SSSR count). The van der Waals surface area contributed by atoms with Crippen LogP contribution in [0.5, 0.6) is 0 Å². The Hall–Kier alpha value is -0.820. The zero-order valence-electron chi connectivity index (χ0n) is 11.1. The fourth-order valence-corrected chi connectivity index (χ4v) is 2.64. The Bertz CT molecular complexity index is 511. The molecule has 1 aromatic rings. The Morgan fingerprint density at radius 3 is 2.26 bits per heavy atom. The van der Waals surface area contributed by atoms with Crippen LogP contribution in [0.2, 0.25) is 0 Å². The van der Waals surface area contributed by atoms with Crippen molar-refractivity contribution in [1.82, 2.24) is 4.90 Å². The van der Waals surface area contributed by atoms with Crippen molar-refractivity contribution in [3.05, 3.63) is 29.8 Å². The number of benzene rings is 1. The summed E-state index contributed by atoms with van der Waals surface area (Å²) in [4.78, 5) is 2.23. The Morgan fingerprint density at radius 1 is 1.37 bits per heavy atom. The van der Waals surface area contributed by atoms with Crippen molar-refractivity contribution in [1.29, 1.82) is 0 Å². The van der Waals surface area contributed by atoms with E-state index in [9.17, 15) is 8.42 Å². The summed E-state index contributed by atoms with van der Waals surface area (Å²) < 4.78 is 29.6. The van der Waals surface area contributed by atoms with Crippen LogP contribution in [0.3, 0.4) is 0 Å². The highest BCUT2D eigenvalue weighted by Gasteiger charge is 2.17. The van der Waals surface area contributed by atoms with E-state index >= 15 is 0 Å². The SMILES string of the molecule is CN1CCCC1C=S.Cc1ccc(S(=O)(=O)O)cc1. The van der Waals surface area contributed by atoms with Crippen LogP contribution >= 0.6 is 12.2 Å². The van der Waals surface area contributed by atoms with Crippen molar-refractivity contribution in [3.8, 4) is 0 Å². The lowest BCUT2D eigenvalue weighted by Crippen LogP contribution is -2.24. The molecule has 0 aromatic heterocycles. The van der Waals surface area contributed by atoms with Crippen molar-refractivity contribution in [2.24, 2.45) is 0 Å². The molecular formula is C13H19NO3S2. The fraction of sp³-hybridized carbons (Fsp3) is 0.462. The number of thiocarbonyl (C=S) groups is 1. The van der Waals surface area contributed by atoms with Crippen molar-refractivity contribution < 1.29 is 13.0 Å². The molecule has 1 aromatic carbocycles. The van der Waals surface area contributed by atoms with Crippen LogP contribution in [0.15, 0.2) is 29.2 Å². The molecule has 1 fully saturated rings. The minimum Gasteiger partial charge on any atom is -0.299 e. The van der Waals surface area contributed by atoms with Gasteiger partial charge < -0.3 is 0 Å². The average Bonchev–Trinajstić information content (AvgIpc) is 2.75. The maximum atomic E-state index is 10.5. The van der Waals surface area contributed by atoms with Crippen LogP contribution in [0, 0.1) is 6.92 Å². The molecule has 1 aliphatic heterocycles. The van der Waals surface area contributed by atoms with E-state index in [0.717, 1.165) is 5.56 Å². The van der Waals surface area contributed by atoms with Gasteiger partial charge in [-0.2, -0.15) is 8.42 Å². The van der Waals surface area contributed by atoms with Crippen LogP contribution in [-0.2, 0) is 10.1 Å². The summed E-state index contributed by atoms with van der Waals surface area (Å²) in [6.07, 6.45) is 2.58. The summed E-state index contributed by atoms with van der Waals surface area (Å²) in [6, 6.07) is 6.58. The highest BCUT2D eigenvalue weighted by molar-refractivity contribution is 7.85. The first-order valence-corrected chi connectivity index (χ1v) is 7.95. The van der Waals surface area contributed by atoms with Crippen LogP contribution in [0.25, 0.3) is 0 Å². The van der Waals surface area contributed by atoms with Crippen molar-refractivity contribution >= 4 is 27.7 Å². The topological polar surface area (TPSA) is 57.6 Å². The molecule has 1 heterocycles. The smallest absolute Gasteiger partial charge is 0.294 e. The van der Waals surface area contributed by atoms with Gasteiger partial charge in [0.1, 0.15) is 0 Å². The molecule has 0 spiro atoms. The lowest BCUT2D eigenvalue weighted by molar-refractivity contribution is 0.379. The molecule has 19 heavy (non-hydrogen) atoms. The van der Waals surface area contributed by atoms with Gasteiger partial charge in [-0.1, -0.05) is 29.9 Å². The Morgan fingerprint density at radius 2 is 1.95 bits per heavy atom. The Kier molecular flexibility index (Phi) is 6.06. The van der Waals surface area contributed by atoms with Gasteiger partial charge in [0.05, 0.1) is 4.90 Å². The standard InChI is InChI=1S/C7H8O3S.C6H11NS/c1-6-2-4-7(5-3-6)11(8,9)10;1-7-4-2-3-6(7)5-8/h2-5H,1H3,(H,8,9,10);5-6H,2-4H2,1H3. The summed E-state index contributed by atoms with van der Waals surface area (Å²) >= 11 is 4.82. The first-order chi connectivity index (χ1) is 8.84. The fourth-order valence-electron chi connectivity index (χ4n) is 1.82. The molecular weight excluding hydrogens is 282 g/mol. The number of aryl methyl sites for hydroxylation is 1. The lowest BCUT2D eigenvalue weighted by atomic mass is 10.2. The second-order valence-corrected chi connectivity index (χ2v) is 6.31. The molecule has 0 radical (unpaired) electrons. The van der Waals surface area contributed by atoms with Crippen LogP contribution in [-0.4, -0.2) is 42.9 Å². The maximum absolute atomic E-state index is 10.5. The first kappa shape index (κ1) is 16.2. The van der Waals surface area contributed by atoms with E-state index < -0.39 is 10.1 Å². The largest absolute Gasteiger partial charge is 0.299 e. The first-order valence-electron chi connectivity index (χ1n) is 6.04. The minimum absolute atomic E-state index is 0.0666. The average molecular weight is 301 g/mol. The molecule has 0 amide bonds. The van der Waals surface area contributed by atoms with Gasteiger partial charge in [0.2, 0.25) is 0 Å². The Labute approximate surface area is 120 Å². The Balaban J connectivity index is 0.000000200. The molecule has 0 aliphatic carbocycles. The van der Waals surface area contributed by atoms with Crippen LogP contribution < -0.4 is 0 Å². The van der Waals surface area contributed by atoms with E-state index in [1.807, 2.05) is 12.3 Å². The lowest BCUT2D eigenvalue weighted by Gasteiger charge is -2.12. The summed E-state index contributed by atoms with van der Waals surface area (Å²) in [5.41, 5.74) is 0.956. The van der Waals surface area contributed by atoms with Gasteiger partial charge in [-0.25, -0.2) is 0 Å². The van der Waals surface area contributed by atoms with Gasteiger partial charge in [-0.3, -0.25) is 9.45 Å². The molecule has 1 aliphatic rings. The van der Waals surface area contributed by atoms with E-state index in [2.05, 4.69) is 11.9 Å². The van der Waals surface area contributed by atoms with E-state index in [-0.39, 0.29) is 4.90 Å². The van der Waals surface area contributed by atoms with Crippen LogP contribution in [0.4, 0.5) is 0 Å². The predicted molar refractivity (Wildman–Crippen MR) is 80.3 cm³/mol. The van der Waals surface area contributed by atoms with E-state index in [4.69, 9.17) is 16.8 Å². The van der Waals surface area contributed by atoms with E-state index in [1.165, 1.54) is 31.5 Å². The number of hydrogen-bond acceptors (Lipinski definition) is 4. The number of nitrogens with zero attached hydrogens (tertiary/aromatic N) is 1. The van der Waals surface area contributed by atoms with Gasteiger partial charge in [0, 0.05) is 6.04 Å². The molecule has 106 valence electrons. The molecule has 6 heteroatoms. The third-order valence-corrected chi connectivity index (χ3v) is 4.23. The van der Waals surface area contributed by atoms with Gasteiger partial charge >= 0.3 is 0 Å². The summed E-state index contributed by atoms with van der Waals surface area (Å²) in [5, 5.41) is 1.87. The molecule has 1 N–H and O–H groups in total. The molecule has 1 saturated heterocycles. The van der Waals surface area contributed by atoms with Gasteiger partial charge in [0.25, 0.3) is 10.1 Å². The quantitative estimate of drug-likeness (QED) is 0.671. The number of likely N-dealkylation sites (tertiary alicyclic amines) is 1. The van der Waals surface area contributed by atoms with Gasteiger partial charge in [0.15, 0.2) is 0 Å². The monoisotopic (exact) mass is 301 g/mol. The summed E-state index contributed by atoms with van der Waals surface area (Å²) in [6.45, 7) is 3.06. The van der Waals surface area contributed by atoms with Crippen molar-refractivity contribution in [2.75, 3.05) is 13.6 Å². The molecule has 1 atom stereocenters. The highest BCUT2D eigenvalue weighted by Crippen LogP contribution is 2.12. The zero-order valence-corrected chi connectivity index (χ0v) is 12.7. The number of hydrogen-bond donors (Lipinski definition) is 1. The van der Waals surface area contributed by atoms with Gasteiger partial charge in [-0.05, 0) is 50.9 Å². The molecule has 4 nitrogen and oxygen atoms in total. The van der Waals surface area contributed by atoms with E-state index in [1.54, 1.807) is 12.1 Å². The molecule has 0 saturated carbocycles. The third-order valence-electron chi connectivity index (χ3n) is 3.05. The maximum Gasteiger partial charge on any atom is 0.294 e. The highest BCUT2D eigenvalue weighted by atomic mass is 32.2. The zero-order chi connectivity index (χ0) is 14.5. The predicted octanol–water partition coefficient (Wildman–Crippen LogP) is 2.32. The third kappa shape index (κ3) is 5.36. The second kappa shape index (κ2) is 7.09. The second-order valence-electron chi connectivity index (χ2n) is 4.61. The summed E-state index contributed by atoms with van der Waals surface area (Å²) in [5.74, 6) is 0. The molecule has 1 unspecified atom stereocenters. The van der Waals surface area contributed by atoms with Gasteiger partial charge in [-0.15, -0.1) is 0 Å². The minimum atomic E-state index is -4.02. The summed E-state index contributed by atoms with van der Waals surface area (Å²) in [7, 11) is -1.89. The normalized spacial score (nSPS) is 19.6. The van der Waals surface area contributed by atoms with Crippen molar-refractivity contribution in [2.45, 2.75) is 30.7 Å². The van der Waals surface area contributed by atoms with Crippen LogP contribution in [0.1, 0.15) is 18.4 Å². The van der Waals surface area contributed by atoms with Crippen molar-refractivity contribution in [3.63, 3.8) is 0 Å².